The normalized spacial score (nSPS) is 11.7. The highest BCUT2D eigenvalue weighted by molar-refractivity contribution is 5.93. The molecule has 23 heavy (non-hydrogen) atoms. The maximum absolute atomic E-state index is 12.0. The Balaban J connectivity index is 2.14. The summed E-state index contributed by atoms with van der Waals surface area (Å²) in [5.74, 6) is 0.119. The number of hydrogen-bond acceptors (Lipinski definition) is 5. The van der Waals surface area contributed by atoms with Gasteiger partial charge in [-0.2, -0.15) is 5.10 Å². The molecular weight excluding hydrogens is 300 g/mol. The van der Waals surface area contributed by atoms with Crippen LogP contribution in [0, 0.1) is 10.1 Å². The summed E-state index contributed by atoms with van der Waals surface area (Å²) in [6.45, 7) is 5.43. The predicted molar refractivity (Wildman–Crippen MR) is 84.5 cm³/mol. The molecule has 1 aromatic carbocycles. The van der Waals surface area contributed by atoms with E-state index in [-0.39, 0.29) is 18.2 Å². The third-order valence-electron chi connectivity index (χ3n) is 3.03. The molecule has 0 aliphatic heterocycles. The number of nitrogens with zero attached hydrogens (tertiary/aromatic N) is 3. The highest BCUT2D eigenvalue weighted by atomic mass is 16.6. The van der Waals surface area contributed by atoms with Gasteiger partial charge in [0.15, 0.2) is 0 Å². The summed E-state index contributed by atoms with van der Waals surface area (Å²) in [5.41, 5.74) is 0.577. The van der Waals surface area contributed by atoms with E-state index >= 15 is 0 Å². The molecule has 1 aromatic heterocycles. The highest BCUT2D eigenvalue weighted by Gasteiger charge is 2.16. The van der Waals surface area contributed by atoms with Crippen molar-refractivity contribution in [1.29, 1.82) is 0 Å². The molecule has 0 bridgehead atoms. The Morgan fingerprint density at radius 2 is 2.17 bits per heavy atom. The van der Waals surface area contributed by atoms with Crippen molar-refractivity contribution >= 4 is 17.4 Å². The number of carbonyl (C=O) groups is 1. The quantitative estimate of drug-likeness (QED) is 0.480. The zero-order chi connectivity index (χ0) is 16.8. The number of benzene rings is 1. The SMILES string of the molecule is C=CCO[C@@H](C)C(=O)Nc1ccnn1-c1ccc([N+](=O)[O-])cc1. The van der Waals surface area contributed by atoms with Crippen LogP contribution in [0.1, 0.15) is 6.92 Å². The smallest absolute Gasteiger partial charge is 0.269 e. The van der Waals surface area contributed by atoms with E-state index in [1.165, 1.54) is 23.0 Å². The van der Waals surface area contributed by atoms with Gasteiger partial charge < -0.3 is 10.1 Å². The number of nitro groups is 1. The fourth-order valence-corrected chi connectivity index (χ4v) is 1.84. The van der Waals surface area contributed by atoms with Gasteiger partial charge in [-0.05, 0) is 19.1 Å². The van der Waals surface area contributed by atoms with Crippen LogP contribution in [-0.4, -0.2) is 33.3 Å². The molecule has 0 aliphatic carbocycles. The molecule has 2 aromatic rings. The Labute approximate surface area is 132 Å². The van der Waals surface area contributed by atoms with E-state index in [1.54, 1.807) is 31.2 Å². The maximum atomic E-state index is 12.0. The first-order chi connectivity index (χ1) is 11.0. The molecule has 2 rings (SSSR count). The fourth-order valence-electron chi connectivity index (χ4n) is 1.84. The minimum atomic E-state index is -0.645. The van der Waals surface area contributed by atoms with Crippen LogP contribution in [0.25, 0.3) is 5.69 Å². The molecule has 8 nitrogen and oxygen atoms in total. The second-order valence-electron chi connectivity index (χ2n) is 4.66. The van der Waals surface area contributed by atoms with Gasteiger partial charge in [-0.1, -0.05) is 6.08 Å². The molecule has 0 spiro atoms. The van der Waals surface area contributed by atoms with Crippen molar-refractivity contribution in [2.45, 2.75) is 13.0 Å². The number of anilines is 1. The zero-order valence-corrected chi connectivity index (χ0v) is 12.5. The minimum absolute atomic E-state index is 0.0158. The number of rotatable bonds is 7. The average Bonchev–Trinajstić information content (AvgIpc) is 3.00. The lowest BCUT2D eigenvalue weighted by atomic mass is 10.3. The molecule has 1 N–H and O–H groups in total. The van der Waals surface area contributed by atoms with Crippen molar-refractivity contribution in [3.63, 3.8) is 0 Å². The van der Waals surface area contributed by atoms with E-state index in [0.717, 1.165) is 0 Å². The van der Waals surface area contributed by atoms with Crippen molar-refractivity contribution in [3.8, 4) is 5.69 Å². The summed E-state index contributed by atoms with van der Waals surface area (Å²) >= 11 is 0. The molecule has 0 saturated carbocycles. The van der Waals surface area contributed by atoms with E-state index in [9.17, 15) is 14.9 Å². The van der Waals surface area contributed by atoms with Crippen LogP contribution in [0.4, 0.5) is 11.5 Å². The van der Waals surface area contributed by atoms with Gasteiger partial charge in [0.05, 0.1) is 23.4 Å². The predicted octanol–water partition coefficient (Wildman–Crippen LogP) is 2.31. The van der Waals surface area contributed by atoms with Gasteiger partial charge in [0.25, 0.3) is 11.6 Å². The van der Waals surface area contributed by atoms with Crippen molar-refractivity contribution in [2.24, 2.45) is 0 Å². The van der Waals surface area contributed by atoms with Crippen LogP contribution in [0.5, 0.6) is 0 Å². The van der Waals surface area contributed by atoms with E-state index in [0.29, 0.717) is 11.5 Å². The maximum Gasteiger partial charge on any atom is 0.269 e. The van der Waals surface area contributed by atoms with Gasteiger partial charge in [-0.3, -0.25) is 14.9 Å². The first-order valence-corrected chi connectivity index (χ1v) is 6.85. The molecule has 1 atom stereocenters. The van der Waals surface area contributed by atoms with Gasteiger partial charge in [0.2, 0.25) is 0 Å². The number of aromatic nitrogens is 2. The van der Waals surface area contributed by atoms with Crippen LogP contribution >= 0.6 is 0 Å². The standard InChI is InChI=1S/C15H16N4O4/c1-3-10-23-11(2)15(20)17-14-8-9-16-18(14)12-4-6-13(7-5-12)19(21)22/h3-9,11H,1,10H2,2H3,(H,17,20)/t11-/m0/s1. The van der Waals surface area contributed by atoms with Gasteiger partial charge in [-0.15, -0.1) is 6.58 Å². The molecule has 0 saturated heterocycles. The van der Waals surface area contributed by atoms with E-state index in [1.807, 2.05) is 0 Å². The van der Waals surface area contributed by atoms with Gasteiger partial charge in [0.1, 0.15) is 11.9 Å². The number of nitro benzene ring substituents is 1. The molecule has 0 fully saturated rings. The van der Waals surface area contributed by atoms with Gasteiger partial charge >= 0.3 is 0 Å². The third-order valence-corrected chi connectivity index (χ3v) is 3.03. The van der Waals surface area contributed by atoms with Crippen LogP contribution in [0.3, 0.4) is 0 Å². The minimum Gasteiger partial charge on any atom is -0.365 e. The molecule has 0 aliphatic rings. The summed E-state index contributed by atoms with van der Waals surface area (Å²) in [7, 11) is 0. The Morgan fingerprint density at radius 1 is 1.48 bits per heavy atom. The van der Waals surface area contributed by atoms with Crippen LogP contribution < -0.4 is 5.32 Å². The van der Waals surface area contributed by atoms with Crippen molar-refractivity contribution < 1.29 is 14.5 Å². The Kier molecular flexibility index (Phi) is 5.21. The van der Waals surface area contributed by atoms with E-state index in [2.05, 4.69) is 17.0 Å². The second kappa shape index (κ2) is 7.32. The van der Waals surface area contributed by atoms with E-state index < -0.39 is 11.0 Å². The largest absolute Gasteiger partial charge is 0.365 e. The molecule has 1 amide bonds. The average molecular weight is 316 g/mol. The van der Waals surface area contributed by atoms with Crippen molar-refractivity contribution in [1.82, 2.24) is 9.78 Å². The van der Waals surface area contributed by atoms with Crippen LogP contribution in [0.2, 0.25) is 0 Å². The summed E-state index contributed by atoms with van der Waals surface area (Å²) < 4.78 is 6.73. The Morgan fingerprint density at radius 3 is 2.78 bits per heavy atom. The van der Waals surface area contributed by atoms with Crippen molar-refractivity contribution in [2.75, 3.05) is 11.9 Å². The van der Waals surface area contributed by atoms with Gasteiger partial charge in [-0.25, -0.2) is 4.68 Å². The molecular formula is C15H16N4O4. The molecule has 0 radical (unpaired) electrons. The Bertz CT molecular complexity index is 709. The number of nitrogens with one attached hydrogen (secondary N) is 1. The van der Waals surface area contributed by atoms with Crippen LogP contribution in [0.15, 0.2) is 49.2 Å². The summed E-state index contributed by atoms with van der Waals surface area (Å²) in [6.07, 6.45) is 2.44. The lowest BCUT2D eigenvalue weighted by Crippen LogP contribution is -2.28. The number of non-ortho nitro benzene ring substituents is 1. The lowest BCUT2D eigenvalue weighted by molar-refractivity contribution is -0.384. The molecule has 8 heteroatoms. The monoisotopic (exact) mass is 316 g/mol. The summed E-state index contributed by atoms with van der Waals surface area (Å²) in [4.78, 5) is 22.2. The fraction of sp³-hybridized carbons (Fsp3) is 0.200. The first-order valence-electron chi connectivity index (χ1n) is 6.85. The molecule has 120 valence electrons. The summed E-state index contributed by atoms with van der Waals surface area (Å²) in [5, 5.41) is 17.5. The Hall–Kier alpha value is -3.00. The topological polar surface area (TPSA) is 99.3 Å². The molecule has 1 heterocycles. The number of ether oxygens (including phenoxy) is 1. The van der Waals surface area contributed by atoms with Crippen LogP contribution in [-0.2, 0) is 9.53 Å². The zero-order valence-electron chi connectivity index (χ0n) is 12.5. The number of carbonyl (C=O) groups excluding carboxylic acids is 1. The first kappa shape index (κ1) is 16.4. The molecule has 0 unspecified atom stereocenters. The third kappa shape index (κ3) is 4.01. The number of hydrogen-bond donors (Lipinski definition) is 1. The second-order valence-corrected chi connectivity index (χ2v) is 4.66. The summed E-state index contributed by atoms with van der Waals surface area (Å²) in [6, 6.07) is 7.48. The van der Waals surface area contributed by atoms with Crippen molar-refractivity contribution in [3.05, 3.63) is 59.3 Å². The van der Waals surface area contributed by atoms with Gasteiger partial charge in [0, 0.05) is 18.2 Å². The highest BCUT2D eigenvalue weighted by Crippen LogP contribution is 2.18. The van der Waals surface area contributed by atoms with E-state index in [4.69, 9.17) is 4.74 Å². The number of amides is 1. The lowest BCUT2D eigenvalue weighted by Gasteiger charge is -2.13.